The van der Waals surface area contributed by atoms with Crippen molar-refractivity contribution >= 4 is 12.0 Å². The Morgan fingerprint density at radius 2 is 2.23 bits per heavy atom. The van der Waals surface area contributed by atoms with Crippen molar-refractivity contribution < 1.29 is 18.8 Å². The van der Waals surface area contributed by atoms with E-state index in [1.165, 1.54) is 4.90 Å². The first-order valence-corrected chi connectivity index (χ1v) is 7.46. The minimum atomic E-state index is -0.570. The van der Waals surface area contributed by atoms with Crippen LogP contribution in [0.15, 0.2) is 10.6 Å². The second-order valence-corrected chi connectivity index (χ2v) is 6.48. The molecule has 0 unspecified atom stereocenters. The summed E-state index contributed by atoms with van der Waals surface area (Å²) in [4.78, 5) is 25.9. The van der Waals surface area contributed by atoms with Crippen molar-refractivity contribution in [3.63, 3.8) is 0 Å². The van der Waals surface area contributed by atoms with Gasteiger partial charge in [-0.2, -0.15) is 0 Å². The fourth-order valence-corrected chi connectivity index (χ4v) is 2.38. The number of amides is 2. The molecule has 0 aromatic carbocycles. The number of hydrogen-bond acceptors (Lipinski definition) is 5. The normalized spacial score (nSPS) is 18.4. The van der Waals surface area contributed by atoms with E-state index < -0.39 is 17.7 Å². The Morgan fingerprint density at radius 1 is 1.50 bits per heavy atom. The Hall–Kier alpha value is -2.05. The number of carbonyl (C=O) groups excluding carboxylic acids is 2. The second kappa shape index (κ2) is 6.37. The number of rotatable bonds is 3. The van der Waals surface area contributed by atoms with Gasteiger partial charge in [-0.15, -0.1) is 0 Å². The number of likely N-dealkylation sites (tertiary alicyclic amines) is 1. The summed E-state index contributed by atoms with van der Waals surface area (Å²) in [6.45, 7) is 8.04. The van der Waals surface area contributed by atoms with Gasteiger partial charge in [-0.25, -0.2) is 4.79 Å². The van der Waals surface area contributed by atoms with Gasteiger partial charge in [0, 0.05) is 12.6 Å². The van der Waals surface area contributed by atoms with Crippen LogP contribution in [-0.2, 0) is 16.1 Å². The first-order valence-electron chi connectivity index (χ1n) is 7.46. The average molecular weight is 309 g/mol. The Balaban J connectivity index is 1.91. The minimum Gasteiger partial charge on any atom is -0.444 e. The molecule has 1 aliphatic heterocycles. The zero-order valence-corrected chi connectivity index (χ0v) is 13.5. The molecule has 122 valence electrons. The van der Waals surface area contributed by atoms with Crippen molar-refractivity contribution in [3.8, 4) is 0 Å². The number of nitrogens with zero attached hydrogens (tertiary/aromatic N) is 2. The van der Waals surface area contributed by atoms with Gasteiger partial charge in [-0.3, -0.25) is 9.69 Å². The first-order chi connectivity index (χ1) is 10.3. The van der Waals surface area contributed by atoms with Gasteiger partial charge in [0.25, 0.3) is 0 Å². The van der Waals surface area contributed by atoms with E-state index in [1.807, 2.05) is 20.8 Å². The number of aromatic nitrogens is 1. The van der Waals surface area contributed by atoms with Gasteiger partial charge in [0.05, 0.1) is 6.54 Å². The highest BCUT2D eigenvalue weighted by Gasteiger charge is 2.36. The van der Waals surface area contributed by atoms with Gasteiger partial charge >= 0.3 is 6.09 Å². The van der Waals surface area contributed by atoms with Crippen molar-refractivity contribution in [2.24, 2.45) is 0 Å². The smallest absolute Gasteiger partial charge is 0.410 e. The van der Waals surface area contributed by atoms with Gasteiger partial charge in [0.15, 0.2) is 0 Å². The summed E-state index contributed by atoms with van der Waals surface area (Å²) < 4.78 is 10.3. The Labute approximate surface area is 130 Å². The third-order valence-corrected chi connectivity index (χ3v) is 3.30. The molecular weight excluding hydrogens is 286 g/mol. The van der Waals surface area contributed by atoms with Crippen molar-refractivity contribution in [1.82, 2.24) is 15.4 Å². The summed E-state index contributed by atoms with van der Waals surface area (Å²) in [6.07, 6.45) is 0.992. The van der Waals surface area contributed by atoms with Crippen molar-refractivity contribution in [1.29, 1.82) is 0 Å². The summed E-state index contributed by atoms with van der Waals surface area (Å²) in [5.41, 5.74) is 0.0894. The van der Waals surface area contributed by atoms with E-state index >= 15 is 0 Å². The van der Waals surface area contributed by atoms with Crippen LogP contribution in [0.2, 0.25) is 0 Å². The van der Waals surface area contributed by atoms with E-state index in [9.17, 15) is 9.59 Å². The highest BCUT2D eigenvalue weighted by atomic mass is 16.6. The number of ether oxygens (including phenoxy) is 1. The SMILES string of the molecule is Cc1cc(CNC(=O)[C@@H]2CCCN2C(=O)OC(C)(C)C)no1. The fraction of sp³-hybridized carbons (Fsp3) is 0.667. The summed E-state index contributed by atoms with van der Waals surface area (Å²) in [7, 11) is 0. The molecule has 0 radical (unpaired) electrons. The van der Waals surface area contributed by atoms with E-state index in [4.69, 9.17) is 9.26 Å². The van der Waals surface area contributed by atoms with Crippen LogP contribution >= 0.6 is 0 Å². The van der Waals surface area contributed by atoms with Gasteiger partial charge < -0.3 is 14.6 Å². The van der Waals surface area contributed by atoms with Gasteiger partial charge in [-0.05, 0) is 40.5 Å². The van der Waals surface area contributed by atoms with Gasteiger partial charge in [0.2, 0.25) is 5.91 Å². The molecular formula is C15H23N3O4. The number of carbonyl (C=O) groups is 2. The zero-order chi connectivity index (χ0) is 16.3. The van der Waals surface area contributed by atoms with E-state index in [2.05, 4.69) is 10.5 Å². The van der Waals surface area contributed by atoms with Crippen LogP contribution in [0.25, 0.3) is 0 Å². The molecule has 2 amide bonds. The predicted molar refractivity (Wildman–Crippen MR) is 79.0 cm³/mol. The maximum atomic E-state index is 12.3. The Morgan fingerprint density at radius 3 is 2.82 bits per heavy atom. The van der Waals surface area contributed by atoms with Crippen LogP contribution in [0.1, 0.15) is 45.1 Å². The number of hydrogen-bond donors (Lipinski definition) is 1. The van der Waals surface area contributed by atoms with E-state index in [1.54, 1.807) is 13.0 Å². The molecule has 1 aliphatic rings. The predicted octanol–water partition coefficient (Wildman–Crippen LogP) is 2.00. The lowest BCUT2D eigenvalue weighted by atomic mass is 10.2. The monoisotopic (exact) mass is 309 g/mol. The zero-order valence-electron chi connectivity index (χ0n) is 13.5. The molecule has 1 fully saturated rings. The largest absolute Gasteiger partial charge is 0.444 e. The van der Waals surface area contributed by atoms with Crippen molar-refractivity contribution in [2.45, 2.75) is 58.7 Å². The first kappa shape index (κ1) is 16.3. The van der Waals surface area contributed by atoms with Crippen LogP contribution < -0.4 is 5.32 Å². The van der Waals surface area contributed by atoms with Crippen LogP contribution in [-0.4, -0.2) is 40.2 Å². The van der Waals surface area contributed by atoms with Crippen LogP contribution in [0, 0.1) is 6.92 Å². The molecule has 0 bridgehead atoms. The summed E-state index contributed by atoms with van der Waals surface area (Å²) in [5.74, 6) is 0.504. The highest BCUT2D eigenvalue weighted by Crippen LogP contribution is 2.21. The summed E-state index contributed by atoms with van der Waals surface area (Å²) in [5, 5.41) is 6.61. The van der Waals surface area contributed by atoms with Crippen LogP contribution in [0.4, 0.5) is 4.79 Å². The van der Waals surface area contributed by atoms with E-state index in [-0.39, 0.29) is 12.5 Å². The lowest BCUT2D eigenvalue weighted by Crippen LogP contribution is -2.47. The molecule has 1 atom stereocenters. The standard InChI is InChI=1S/C15H23N3O4/c1-10-8-11(17-22-10)9-16-13(19)12-6-5-7-18(12)14(20)21-15(2,3)4/h8,12H,5-7,9H2,1-4H3,(H,16,19)/t12-/m0/s1. The molecule has 2 rings (SSSR count). The molecule has 0 spiro atoms. The lowest BCUT2D eigenvalue weighted by molar-refractivity contribution is -0.125. The van der Waals surface area contributed by atoms with Crippen molar-refractivity contribution in [2.75, 3.05) is 6.54 Å². The minimum absolute atomic E-state index is 0.191. The molecule has 7 nitrogen and oxygen atoms in total. The van der Waals surface area contributed by atoms with E-state index in [0.717, 1.165) is 6.42 Å². The average Bonchev–Trinajstić information content (AvgIpc) is 3.02. The summed E-state index contributed by atoms with van der Waals surface area (Å²) in [6, 6.07) is 1.28. The van der Waals surface area contributed by atoms with Gasteiger partial charge in [0.1, 0.15) is 23.1 Å². The lowest BCUT2D eigenvalue weighted by Gasteiger charge is -2.27. The highest BCUT2D eigenvalue weighted by molar-refractivity contribution is 5.86. The van der Waals surface area contributed by atoms with Gasteiger partial charge in [-0.1, -0.05) is 5.16 Å². The third kappa shape index (κ3) is 4.22. The number of nitrogens with one attached hydrogen (secondary N) is 1. The quantitative estimate of drug-likeness (QED) is 0.923. The van der Waals surface area contributed by atoms with Crippen LogP contribution in [0.3, 0.4) is 0 Å². The molecule has 1 N–H and O–H groups in total. The second-order valence-electron chi connectivity index (χ2n) is 6.48. The molecule has 1 aromatic rings. The molecule has 1 saturated heterocycles. The topological polar surface area (TPSA) is 84.7 Å². The molecule has 0 aliphatic carbocycles. The third-order valence-electron chi connectivity index (χ3n) is 3.30. The van der Waals surface area contributed by atoms with E-state index in [0.29, 0.717) is 24.4 Å². The maximum Gasteiger partial charge on any atom is 0.410 e. The molecule has 22 heavy (non-hydrogen) atoms. The Kier molecular flexibility index (Phi) is 4.73. The van der Waals surface area contributed by atoms with Crippen molar-refractivity contribution in [3.05, 3.63) is 17.5 Å². The molecule has 1 aromatic heterocycles. The molecule has 7 heteroatoms. The summed E-state index contributed by atoms with van der Waals surface area (Å²) >= 11 is 0. The number of aryl methyl sites for hydroxylation is 1. The van der Waals surface area contributed by atoms with Crippen LogP contribution in [0.5, 0.6) is 0 Å². The fourth-order valence-electron chi connectivity index (χ4n) is 2.38. The Bertz CT molecular complexity index is 547. The molecule has 2 heterocycles. The maximum absolute atomic E-state index is 12.3. The molecule has 0 saturated carbocycles.